The molecule has 0 spiro atoms. The molecule has 0 aromatic carbocycles. The van der Waals surface area contributed by atoms with Crippen molar-refractivity contribution in [2.45, 2.75) is 47.0 Å². The second kappa shape index (κ2) is 3.20. The van der Waals surface area contributed by atoms with Gasteiger partial charge in [0, 0.05) is 11.3 Å². The van der Waals surface area contributed by atoms with Crippen LogP contribution in [0.5, 0.6) is 0 Å². The van der Waals surface area contributed by atoms with Crippen molar-refractivity contribution in [2.24, 2.45) is 17.3 Å². The first-order valence-electron chi connectivity index (χ1n) is 5.03. The molecule has 1 aliphatic rings. The van der Waals surface area contributed by atoms with Crippen molar-refractivity contribution in [3.8, 4) is 0 Å². The fourth-order valence-corrected chi connectivity index (χ4v) is 2.37. The van der Waals surface area contributed by atoms with Gasteiger partial charge in [-0.05, 0) is 18.8 Å². The molecule has 12 heavy (non-hydrogen) atoms. The normalized spacial score (nSPS) is 35.9. The summed E-state index contributed by atoms with van der Waals surface area (Å²) in [6.45, 7) is 8.39. The number of Topliss-reactive ketones (excluding diaryl/α,β-unsaturated/α-hetero) is 1. The first kappa shape index (κ1) is 9.76. The number of hydrogen-bond donors (Lipinski definition) is 0. The van der Waals surface area contributed by atoms with Gasteiger partial charge in [0.25, 0.3) is 0 Å². The Labute approximate surface area is 75.5 Å². The van der Waals surface area contributed by atoms with E-state index in [9.17, 15) is 4.79 Å². The molecule has 0 bridgehead atoms. The first-order valence-corrected chi connectivity index (χ1v) is 5.03. The first-order chi connectivity index (χ1) is 5.48. The summed E-state index contributed by atoms with van der Waals surface area (Å²) in [5.74, 6) is 1.26. The van der Waals surface area contributed by atoms with E-state index < -0.39 is 0 Å². The molecule has 0 aromatic rings. The zero-order valence-corrected chi connectivity index (χ0v) is 8.68. The number of ketones is 1. The maximum absolute atomic E-state index is 11.9. The highest BCUT2D eigenvalue weighted by Crippen LogP contribution is 2.44. The van der Waals surface area contributed by atoms with E-state index in [1.165, 1.54) is 12.8 Å². The van der Waals surface area contributed by atoms with Crippen molar-refractivity contribution in [3.63, 3.8) is 0 Å². The lowest BCUT2D eigenvalue weighted by atomic mass is 9.73. The van der Waals surface area contributed by atoms with Crippen LogP contribution in [-0.2, 0) is 4.79 Å². The van der Waals surface area contributed by atoms with Gasteiger partial charge in [0.2, 0.25) is 0 Å². The van der Waals surface area contributed by atoms with Crippen LogP contribution in [0.4, 0.5) is 0 Å². The minimum atomic E-state index is -0.00579. The van der Waals surface area contributed by atoms with Gasteiger partial charge in [-0.15, -0.1) is 0 Å². The summed E-state index contributed by atoms with van der Waals surface area (Å²) >= 11 is 0. The van der Waals surface area contributed by atoms with E-state index in [4.69, 9.17) is 0 Å². The van der Waals surface area contributed by atoms with Crippen LogP contribution in [0.2, 0.25) is 0 Å². The summed E-state index contributed by atoms with van der Waals surface area (Å²) in [7, 11) is 0. The van der Waals surface area contributed by atoms with Crippen molar-refractivity contribution in [1.29, 1.82) is 0 Å². The number of carbonyl (C=O) groups excluding carboxylic acids is 1. The van der Waals surface area contributed by atoms with Gasteiger partial charge in [-0.2, -0.15) is 0 Å². The lowest BCUT2D eigenvalue weighted by Crippen LogP contribution is -2.33. The maximum Gasteiger partial charge on any atom is 0.141 e. The predicted octanol–water partition coefficient (Wildman–Crippen LogP) is 3.04. The Morgan fingerprint density at radius 2 is 2.08 bits per heavy atom. The minimum Gasteiger partial charge on any atom is -0.299 e. The largest absolute Gasteiger partial charge is 0.299 e. The third-order valence-corrected chi connectivity index (χ3v) is 3.51. The van der Waals surface area contributed by atoms with Crippen LogP contribution >= 0.6 is 0 Å². The quantitative estimate of drug-likeness (QED) is 0.619. The minimum absolute atomic E-state index is 0.00579. The smallest absolute Gasteiger partial charge is 0.141 e. The van der Waals surface area contributed by atoms with Gasteiger partial charge in [0.15, 0.2) is 0 Å². The predicted molar refractivity (Wildman–Crippen MR) is 51.0 cm³/mol. The lowest BCUT2D eigenvalue weighted by molar-refractivity contribution is -0.132. The summed E-state index contributed by atoms with van der Waals surface area (Å²) in [6.07, 6.45) is 3.57. The van der Waals surface area contributed by atoms with Gasteiger partial charge in [0.05, 0.1) is 0 Å². The van der Waals surface area contributed by atoms with E-state index in [1.807, 2.05) is 13.8 Å². The van der Waals surface area contributed by atoms with Crippen LogP contribution in [0.3, 0.4) is 0 Å². The molecule has 1 aliphatic carbocycles. The highest BCUT2D eigenvalue weighted by molar-refractivity contribution is 5.86. The van der Waals surface area contributed by atoms with E-state index in [1.54, 1.807) is 0 Å². The molecular weight excluding hydrogens is 148 g/mol. The Morgan fingerprint density at radius 3 is 2.42 bits per heavy atom. The Hall–Kier alpha value is -0.330. The van der Waals surface area contributed by atoms with Gasteiger partial charge < -0.3 is 0 Å². The van der Waals surface area contributed by atoms with Crippen LogP contribution in [0.15, 0.2) is 0 Å². The SMILES string of the molecule is CC(C)C(=O)C1(C)CCCC1C. The molecule has 0 N–H and O–H groups in total. The zero-order valence-electron chi connectivity index (χ0n) is 8.68. The topological polar surface area (TPSA) is 17.1 Å². The van der Waals surface area contributed by atoms with Crippen LogP contribution in [0, 0.1) is 17.3 Å². The number of hydrogen-bond acceptors (Lipinski definition) is 1. The summed E-state index contributed by atoms with van der Waals surface area (Å²) < 4.78 is 0. The molecule has 1 fully saturated rings. The highest BCUT2D eigenvalue weighted by atomic mass is 16.1. The average molecular weight is 168 g/mol. The summed E-state index contributed by atoms with van der Waals surface area (Å²) in [4.78, 5) is 11.9. The van der Waals surface area contributed by atoms with Crippen molar-refractivity contribution in [1.82, 2.24) is 0 Å². The van der Waals surface area contributed by atoms with Crippen molar-refractivity contribution in [3.05, 3.63) is 0 Å². The van der Waals surface area contributed by atoms with Crippen molar-refractivity contribution < 1.29 is 4.79 Å². The molecule has 70 valence electrons. The molecule has 0 amide bonds. The van der Waals surface area contributed by atoms with Crippen LogP contribution in [-0.4, -0.2) is 5.78 Å². The molecule has 1 saturated carbocycles. The highest BCUT2D eigenvalue weighted by Gasteiger charge is 2.42. The summed E-state index contributed by atoms with van der Waals surface area (Å²) in [5, 5.41) is 0. The molecule has 1 nitrogen and oxygen atoms in total. The van der Waals surface area contributed by atoms with Gasteiger partial charge in [-0.25, -0.2) is 0 Å². The van der Waals surface area contributed by atoms with Gasteiger partial charge >= 0.3 is 0 Å². The van der Waals surface area contributed by atoms with Crippen molar-refractivity contribution >= 4 is 5.78 Å². The molecule has 1 heteroatoms. The summed E-state index contributed by atoms with van der Waals surface area (Å²) in [6, 6.07) is 0. The fraction of sp³-hybridized carbons (Fsp3) is 0.909. The number of carbonyl (C=O) groups is 1. The van der Waals surface area contributed by atoms with E-state index in [0.29, 0.717) is 11.7 Å². The third kappa shape index (κ3) is 1.41. The average Bonchev–Trinajstić information content (AvgIpc) is 2.32. The monoisotopic (exact) mass is 168 g/mol. The zero-order chi connectivity index (χ0) is 9.35. The van der Waals surface area contributed by atoms with E-state index >= 15 is 0 Å². The molecule has 0 radical (unpaired) electrons. The van der Waals surface area contributed by atoms with E-state index in [2.05, 4.69) is 13.8 Å². The standard InChI is InChI=1S/C11H20O/c1-8(2)10(12)11(4)7-5-6-9(11)3/h8-9H,5-7H2,1-4H3. The second-order valence-corrected chi connectivity index (χ2v) is 4.73. The molecular formula is C11H20O. The van der Waals surface area contributed by atoms with Crippen LogP contribution < -0.4 is 0 Å². The molecule has 0 heterocycles. The van der Waals surface area contributed by atoms with Crippen LogP contribution in [0.1, 0.15) is 47.0 Å². The molecule has 0 aromatic heterocycles. The van der Waals surface area contributed by atoms with E-state index in [0.717, 1.165) is 6.42 Å². The Morgan fingerprint density at radius 1 is 1.50 bits per heavy atom. The molecule has 0 saturated heterocycles. The number of rotatable bonds is 2. The lowest BCUT2D eigenvalue weighted by Gasteiger charge is -2.29. The maximum atomic E-state index is 11.9. The molecule has 2 atom stereocenters. The van der Waals surface area contributed by atoms with Gasteiger partial charge in [0.1, 0.15) is 5.78 Å². The van der Waals surface area contributed by atoms with E-state index in [-0.39, 0.29) is 11.3 Å². The Bertz CT molecular complexity index is 183. The van der Waals surface area contributed by atoms with Gasteiger partial charge in [-0.1, -0.05) is 34.1 Å². The van der Waals surface area contributed by atoms with Gasteiger partial charge in [-0.3, -0.25) is 4.79 Å². The third-order valence-electron chi connectivity index (χ3n) is 3.51. The van der Waals surface area contributed by atoms with Crippen molar-refractivity contribution in [2.75, 3.05) is 0 Å². The summed E-state index contributed by atoms with van der Waals surface area (Å²) in [5.41, 5.74) is -0.00579. The van der Waals surface area contributed by atoms with Crippen LogP contribution in [0.25, 0.3) is 0 Å². The Balaban J connectivity index is 2.77. The molecule has 2 unspecified atom stereocenters. The Kier molecular flexibility index (Phi) is 2.60. The molecule has 0 aliphatic heterocycles. The molecule has 1 rings (SSSR count). The fourth-order valence-electron chi connectivity index (χ4n) is 2.37. The second-order valence-electron chi connectivity index (χ2n) is 4.73.